The third kappa shape index (κ3) is 4.50. The van der Waals surface area contributed by atoms with Crippen LogP contribution in [0.2, 0.25) is 0 Å². The largest absolute Gasteiger partial charge is 0.381 e. The molecular formula is C15H29N3O2S. The van der Waals surface area contributed by atoms with Gasteiger partial charge in [0, 0.05) is 70.3 Å². The first-order valence-electron chi connectivity index (χ1n) is 7.73. The molecule has 2 saturated heterocycles. The number of hydrogen-bond donors (Lipinski definition) is 1. The van der Waals surface area contributed by atoms with E-state index in [-0.39, 0.29) is 10.3 Å². The van der Waals surface area contributed by atoms with Gasteiger partial charge < -0.3 is 19.7 Å². The first kappa shape index (κ1) is 16.9. The Kier molecular flexibility index (Phi) is 5.80. The minimum atomic E-state index is -0.117. The fraction of sp³-hybridized carbons (Fsp3) is 0.933. The highest BCUT2D eigenvalue weighted by molar-refractivity contribution is 8.00. The molecule has 0 aromatic rings. The van der Waals surface area contributed by atoms with Gasteiger partial charge in [-0.2, -0.15) is 11.8 Å². The normalized spacial score (nSPS) is 25.7. The van der Waals surface area contributed by atoms with Crippen molar-refractivity contribution in [3.05, 3.63) is 0 Å². The molecular weight excluding hydrogens is 286 g/mol. The molecule has 0 aromatic carbocycles. The second-order valence-electron chi connectivity index (χ2n) is 6.43. The summed E-state index contributed by atoms with van der Waals surface area (Å²) in [5.41, 5.74) is -0.117. The van der Waals surface area contributed by atoms with Gasteiger partial charge in [0.15, 0.2) is 5.96 Å². The van der Waals surface area contributed by atoms with Gasteiger partial charge in [0.25, 0.3) is 0 Å². The molecule has 2 aliphatic heterocycles. The highest BCUT2D eigenvalue weighted by atomic mass is 32.2. The molecule has 2 heterocycles. The molecule has 0 spiro atoms. The molecule has 0 aromatic heterocycles. The van der Waals surface area contributed by atoms with Crippen LogP contribution in [0.4, 0.5) is 0 Å². The number of ether oxygens (including phenoxy) is 2. The average molecular weight is 315 g/mol. The lowest BCUT2D eigenvalue weighted by molar-refractivity contribution is -0.0857. The van der Waals surface area contributed by atoms with Crippen LogP contribution in [0.5, 0.6) is 0 Å². The summed E-state index contributed by atoms with van der Waals surface area (Å²) in [6, 6.07) is 0. The van der Waals surface area contributed by atoms with Crippen molar-refractivity contribution < 1.29 is 9.47 Å². The molecule has 6 heteroatoms. The first-order valence-corrected chi connectivity index (χ1v) is 8.71. The maximum absolute atomic E-state index is 5.78. The van der Waals surface area contributed by atoms with Gasteiger partial charge in [-0.25, -0.2) is 0 Å². The van der Waals surface area contributed by atoms with Crippen molar-refractivity contribution in [3.63, 3.8) is 0 Å². The van der Waals surface area contributed by atoms with Crippen molar-refractivity contribution in [2.45, 2.75) is 37.0 Å². The van der Waals surface area contributed by atoms with Crippen LogP contribution in [0.15, 0.2) is 4.99 Å². The number of guanidine groups is 1. The fourth-order valence-electron chi connectivity index (χ4n) is 2.97. The second kappa shape index (κ2) is 7.20. The van der Waals surface area contributed by atoms with Gasteiger partial charge >= 0.3 is 0 Å². The Labute approximate surface area is 132 Å². The third-order valence-electron chi connectivity index (χ3n) is 4.34. The summed E-state index contributed by atoms with van der Waals surface area (Å²) in [7, 11) is 3.66. The summed E-state index contributed by atoms with van der Waals surface area (Å²) in [5, 5.41) is 3.52. The van der Waals surface area contributed by atoms with Crippen LogP contribution in [-0.4, -0.2) is 74.0 Å². The molecule has 2 fully saturated rings. The number of rotatable bonds is 3. The maximum atomic E-state index is 5.78. The monoisotopic (exact) mass is 315 g/mol. The minimum absolute atomic E-state index is 0.117. The van der Waals surface area contributed by atoms with Crippen LogP contribution in [0.25, 0.3) is 0 Å². The SMILES string of the molecule is CN=C(NCC1(OC)CCOCC1)N1CCSC(C)(C)C1. The van der Waals surface area contributed by atoms with Crippen LogP contribution in [0.1, 0.15) is 26.7 Å². The smallest absolute Gasteiger partial charge is 0.193 e. The van der Waals surface area contributed by atoms with E-state index >= 15 is 0 Å². The standard InChI is InChI=1S/C15H29N3O2S/c1-14(2)12-18(7-10-21-14)13(16-3)17-11-15(19-4)5-8-20-9-6-15/h5-12H2,1-4H3,(H,16,17). The molecule has 0 unspecified atom stereocenters. The molecule has 0 radical (unpaired) electrons. The van der Waals surface area contributed by atoms with E-state index in [0.29, 0.717) is 0 Å². The van der Waals surface area contributed by atoms with E-state index in [2.05, 4.69) is 29.1 Å². The highest BCUT2D eigenvalue weighted by Gasteiger charge is 2.34. The van der Waals surface area contributed by atoms with Gasteiger partial charge in [0.1, 0.15) is 0 Å². The Morgan fingerprint density at radius 2 is 2.10 bits per heavy atom. The molecule has 2 rings (SSSR count). The van der Waals surface area contributed by atoms with Gasteiger partial charge in [-0.3, -0.25) is 4.99 Å². The third-order valence-corrected chi connectivity index (χ3v) is 5.64. The molecule has 0 atom stereocenters. The zero-order valence-corrected chi connectivity index (χ0v) is 14.6. The zero-order chi connectivity index (χ0) is 15.3. The van der Waals surface area contributed by atoms with Gasteiger partial charge in [-0.15, -0.1) is 0 Å². The van der Waals surface area contributed by atoms with Crippen molar-refractivity contribution >= 4 is 17.7 Å². The predicted octanol–water partition coefficient (Wildman–Crippen LogP) is 1.58. The quantitative estimate of drug-likeness (QED) is 0.633. The molecule has 0 bridgehead atoms. The molecule has 0 amide bonds. The molecule has 2 aliphatic rings. The summed E-state index contributed by atoms with van der Waals surface area (Å²) >= 11 is 2.04. The molecule has 0 aliphatic carbocycles. The van der Waals surface area contributed by atoms with Crippen LogP contribution < -0.4 is 5.32 Å². The zero-order valence-electron chi connectivity index (χ0n) is 13.8. The molecule has 21 heavy (non-hydrogen) atoms. The average Bonchev–Trinajstić information content (AvgIpc) is 2.48. The first-order chi connectivity index (χ1) is 10.0. The Balaban J connectivity index is 1.93. The van der Waals surface area contributed by atoms with Crippen LogP contribution >= 0.6 is 11.8 Å². The lowest BCUT2D eigenvalue weighted by Crippen LogP contribution is -2.55. The van der Waals surface area contributed by atoms with Crippen LogP contribution in [0.3, 0.4) is 0 Å². The van der Waals surface area contributed by atoms with Gasteiger partial charge in [-0.05, 0) is 13.8 Å². The Morgan fingerprint density at radius 3 is 2.67 bits per heavy atom. The van der Waals surface area contributed by atoms with E-state index in [1.165, 1.54) is 0 Å². The maximum Gasteiger partial charge on any atom is 0.193 e. The van der Waals surface area contributed by atoms with Crippen molar-refractivity contribution in [3.8, 4) is 0 Å². The Morgan fingerprint density at radius 1 is 1.38 bits per heavy atom. The summed E-state index contributed by atoms with van der Waals surface area (Å²) < 4.78 is 11.5. The lowest BCUT2D eigenvalue weighted by Gasteiger charge is -2.41. The van der Waals surface area contributed by atoms with Crippen molar-refractivity contribution in [1.29, 1.82) is 0 Å². The molecule has 1 N–H and O–H groups in total. The molecule has 5 nitrogen and oxygen atoms in total. The number of nitrogens with one attached hydrogen (secondary N) is 1. The number of methoxy groups -OCH3 is 1. The van der Waals surface area contributed by atoms with Gasteiger partial charge in [0.05, 0.1) is 5.60 Å². The van der Waals surface area contributed by atoms with Crippen molar-refractivity contribution in [1.82, 2.24) is 10.2 Å². The van der Waals surface area contributed by atoms with E-state index < -0.39 is 0 Å². The van der Waals surface area contributed by atoms with Crippen molar-refractivity contribution in [2.75, 3.05) is 52.8 Å². The van der Waals surface area contributed by atoms with Crippen LogP contribution in [-0.2, 0) is 9.47 Å². The van der Waals surface area contributed by atoms with E-state index in [4.69, 9.17) is 9.47 Å². The molecule has 0 saturated carbocycles. The van der Waals surface area contributed by atoms with E-state index in [1.54, 1.807) is 7.11 Å². The summed E-state index contributed by atoms with van der Waals surface area (Å²) in [4.78, 5) is 6.82. The number of hydrogen-bond acceptors (Lipinski definition) is 4. The van der Waals surface area contributed by atoms with Crippen molar-refractivity contribution in [2.24, 2.45) is 4.99 Å². The van der Waals surface area contributed by atoms with Gasteiger partial charge in [0.2, 0.25) is 0 Å². The topological polar surface area (TPSA) is 46.1 Å². The minimum Gasteiger partial charge on any atom is -0.381 e. The summed E-state index contributed by atoms with van der Waals surface area (Å²) in [6.07, 6.45) is 1.88. The number of nitrogens with zero attached hydrogens (tertiary/aromatic N) is 2. The Hall–Kier alpha value is -0.460. The number of thioether (sulfide) groups is 1. The summed E-state index contributed by atoms with van der Waals surface area (Å²) in [5.74, 6) is 2.14. The molecule has 122 valence electrons. The Bertz CT molecular complexity index is 368. The van der Waals surface area contributed by atoms with E-state index in [1.807, 2.05) is 18.8 Å². The number of aliphatic imine (C=N–C) groups is 1. The second-order valence-corrected chi connectivity index (χ2v) is 8.23. The summed E-state index contributed by atoms with van der Waals surface area (Å²) in [6.45, 7) is 9.03. The van der Waals surface area contributed by atoms with E-state index in [0.717, 1.165) is 57.4 Å². The fourth-order valence-corrected chi connectivity index (χ4v) is 4.08. The van der Waals surface area contributed by atoms with Gasteiger partial charge in [-0.1, -0.05) is 0 Å². The van der Waals surface area contributed by atoms with E-state index in [9.17, 15) is 0 Å². The highest BCUT2D eigenvalue weighted by Crippen LogP contribution is 2.29. The lowest BCUT2D eigenvalue weighted by atomic mass is 9.94. The van der Waals surface area contributed by atoms with Crippen LogP contribution in [0, 0.1) is 0 Å². The predicted molar refractivity (Wildman–Crippen MR) is 89.3 cm³/mol.